The molecular weight excluding hydrogens is 304 g/mol. The summed E-state index contributed by atoms with van der Waals surface area (Å²) in [6.45, 7) is 0.440. The zero-order valence-corrected chi connectivity index (χ0v) is 12.7. The molecule has 2 amide bonds. The van der Waals surface area contributed by atoms with Gasteiger partial charge in [-0.05, 0) is 18.2 Å². The molecule has 1 aromatic heterocycles. The predicted molar refractivity (Wildman–Crippen MR) is 82.9 cm³/mol. The third-order valence-electron chi connectivity index (χ3n) is 3.66. The van der Waals surface area contributed by atoms with Gasteiger partial charge in [0.05, 0.1) is 17.8 Å². The molecule has 7 heteroatoms. The fourth-order valence-corrected chi connectivity index (χ4v) is 2.66. The summed E-state index contributed by atoms with van der Waals surface area (Å²) in [7, 11) is 1.70. The Labute approximate surface area is 132 Å². The van der Waals surface area contributed by atoms with Gasteiger partial charge in [0, 0.05) is 31.1 Å². The van der Waals surface area contributed by atoms with Crippen LogP contribution < -0.4 is 5.32 Å². The van der Waals surface area contributed by atoms with Crippen molar-refractivity contribution in [1.82, 2.24) is 14.7 Å². The Hall–Kier alpha value is -2.34. The van der Waals surface area contributed by atoms with Crippen LogP contribution in [0.25, 0.3) is 5.69 Å². The van der Waals surface area contributed by atoms with Gasteiger partial charge in [0.15, 0.2) is 0 Å². The second kappa shape index (κ2) is 5.81. The average molecular weight is 319 g/mol. The van der Waals surface area contributed by atoms with Crippen LogP contribution in [0.5, 0.6) is 0 Å². The van der Waals surface area contributed by atoms with E-state index in [2.05, 4.69) is 10.4 Å². The van der Waals surface area contributed by atoms with Crippen molar-refractivity contribution in [3.63, 3.8) is 0 Å². The minimum atomic E-state index is -0.333. The summed E-state index contributed by atoms with van der Waals surface area (Å²) in [5.74, 6) is 0.0273. The molecule has 1 saturated heterocycles. The summed E-state index contributed by atoms with van der Waals surface area (Å²) in [4.78, 5) is 25.4. The minimum absolute atomic E-state index is 0.0106. The molecule has 2 heterocycles. The highest BCUT2D eigenvalue weighted by molar-refractivity contribution is 6.30. The van der Waals surface area contributed by atoms with E-state index in [4.69, 9.17) is 11.6 Å². The number of aromatic nitrogens is 2. The van der Waals surface area contributed by atoms with Crippen LogP contribution in [-0.4, -0.2) is 40.1 Å². The van der Waals surface area contributed by atoms with E-state index in [-0.39, 0.29) is 24.2 Å². The molecule has 6 nitrogen and oxygen atoms in total. The molecule has 22 heavy (non-hydrogen) atoms. The molecule has 0 bridgehead atoms. The first-order valence-corrected chi connectivity index (χ1v) is 7.27. The Balaban J connectivity index is 1.78. The van der Waals surface area contributed by atoms with E-state index >= 15 is 0 Å². The van der Waals surface area contributed by atoms with Gasteiger partial charge in [-0.25, -0.2) is 4.68 Å². The first-order valence-electron chi connectivity index (χ1n) is 6.89. The number of benzene rings is 1. The first kappa shape index (κ1) is 14.6. The molecule has 1 aromatic carbocycles. The van der Waals surface area contributed by atoms with Gasteiger partial charge in [-0.1, -0.05) is 17.7 Å². The number of nitrogens with one attached hydrogen (secondary N) is 1. The van der Waals surface area contributed by atoms with Crippen LogP contribution in [0, 0.1) is 5.92 Å². The van der Waals surface area contributed by atoms with Gasteiger partial charge in [-0.15, -0.1) is 0 Å². The number of anilines is 1. The molecule has 1 fully saturated rings. The fourth-order valence-electron chi connectivity index (χ4n) is 2.48. The summed E-state index contributed by atoms with van der Waals surface area (Å²) in [5, 5.41) is 7.63. The summed E-state index contributed by atoms with van der Waals surface area (Å²) in [6.07, 6.45) is 1.84. The Bertz CT molecular complexity index is 728. The Morgan fingerprint density at radius 3 is 2.91 bits per heavy atom. The number of carbonyl (C=O) groups is 2. The molecule has 1 aliphatic rings. The van der Waals surface area contributed by atoms with Gasteiger partial charge in [0.25, 0.3) is 0 Å². The van der Waals surface area contributed by atoms with Crippen molar-refractivity contribution in [2.24, 2.45) is 5.92 Å². The van der Waals surface area contributed by atoms with Crippen molar-refractivity contribution in [2.75, 3.05) is 18.9 Å². The normalized spacial score (nSPS) is 17.8. The molecule has 1 N–H and O–H groups in total. The van der Waals surface area contributed by atoms with Gasteiger partial charge in [0.2, 0.25) is 11.8 Å². The number of nitrogens with zero attached hydrogens (tertiary/aromatic N) is 3. The molecule has 114 valence electrons. The van der Waals surface area contributed by atoms with Gasteiger partial charge in [0.1, 0.15) is 5.82 Å². The van der Waals surface area contributed by atoms with E-state index in [9.17, 15) is 9.59 Å². The maximum Gasteiger partial charge on any atom is 0.230 e. The third-order valence-corrected chi connectivity index (χ3v) is 3.89. The van der Waals surface area contributed by atoms with E-state index in [1.54, 1.807) is 41.0 Å². The van der Waals surface area contributed by atoms with Crippen molar-refractivity contribution in [3.8, 4) is 5.69 Å². The molecule has 0 spiro atoms. The molecular formula is C15H15ClN4O2. The molecule has 0 aliphatic carbocycles. The number of hydrogen-bond acceptors (Lipinski definition) is 3. The topological polar surface area (TPSA) is 67.2 Å². The van der Waals surface area contributed by atoms with Crippen LogP contribution >= 0.6 is 11.6 Å². The third kappa shape index (κ3) is 2.82. The van der Waals surface area contributed by atoms with Crippen molar-refractivity contribution in [1.29, 1.82) is 0 Å². The van der Waals surface area contributed by atoms with Crippen molar-refractivity contribution < 1.29 is 9.59 Å². The lowest BCUT2D eigenvalue weighted by molar-refractivity contribution is -0.127. The van der Waals surface area contributed by atoms with Crippen LogP contribution in [0.3, 0.4) is 0 Å². The van der Waals surface area contributed by atoms with Gasteiger partial charge >= 0.3 is 0 Å². The zero-order valence-electron chi connectivity index (χ0n) is 12.0. The highest BCUT2D eigenvalue weighted by Crippen LogP contribution is 2.21. The van der Waals surface area contributed by atoms with Crippen molar-refractivity contribution >= 4 is 29.2 Å². The van der Waals surface area contributed by atoms with E-state index in [1.807, 2.05) is 12.1 Å². The number of hydrogen-bond donors (Lipinski definition) is 1. The minimum Gasteiger partial charge on any atom is -0.345 e. The summed E-state index contributed by atoms with van der Waals surface area (Å²) >= 11 is 5.98. The van der Waals surface area contributed by atoms with E-state index < -0.39 is 0 Å². The molecule has 0 radical (unpaired) electrons. The predicted octanol–water partition coefficient (Wildman–Crippen LogP) is 1.94. The number of rotatable bonds is 3. The molecule has 1 aliphatic heterocycles. The quantitative estimate of drug-likeness (QED) is 0.940. The second-order valence-corrected chi connectivity index (χ2v) is 5.71. The van der Waals surface area contributed by atoms with Crippen LogP contribution in [0.1, 0.15) is 6.42 Å². The summed E-state index contributed by atoms with van der Waals surface area (Å²) in [5.41, 5.74) is 0.757. The molecule has 1 atom stereocenters. The Morgan fingerprint density at radius 2 is 2.23 bits per heavy atom. The van der Waals surface area contributed by atoms with Crippen LogP contribution in [-0.2, 0) is 9.59 Å². The van der Waals surface area contributed by atoms with Crippen molar-refractivity contribution in [2.45, 2.75) is 6.42 Å². The van der Waals surface area contributed by atoms with Crippen LogP contribution in [0.2, 0.25) is 5.02 Å². The second-order valence-electron chi connectivity index (χ2n) is 5.27. The van der Waals surface area contributed by atoms with Crippen LogP contribution in [0.4, 0.5) is 5.82 Å². The number of carbonyl (C=O) groups excluding carboxylic acids is 2. The SMILES string of the molecule is CN1C[C@H](C(=O)Nc2ccnn2-c2cccc(Cl)c2)CC1=O. The summed E-state index contributed by atoms with van der Waals surface area (Å²) < 4.78 is 1.60. The standard InChI is InChI=1S/C15H15ClN4O2/c1-19-9-10(7-14(19)21)15(22)18-13-5-6-17-20(13)12-4-2-3-11(16)8-12/h2-6,8,10H,7,9H2,1H3,(H,18,22)/t10-/m1/s1. The Kier molecular flexibility index (Phi) is 3.85. The van der Waals surface area contributed by atoms with Crippen LogP contribution in [0.15, 0.2) is 36.5 Å². The molecule has 0 unspecified atom stereocenters. The largest absolute Gasteiger partial charge is 0.345 e. The molecule has 2 aromatic rings. The lowest BCUT2D eigenvalue weighted by Gasteiger charge is -2.12. The average Bonchev–Trinajstić information content (AvgIpc) is 3.06. The van der Waals surface area contributed by atoms with Gasteiger partial charge in [-0.3, -0.25) is 9.59 Å². The first-order chi connectivity index (χ1) is 10.5. The molecule has 0 saturated carbocycles. The lowest BCUT2D eigenvalue weighted by atomic mass is 10.1. The number of likely N-dealkylation sites (tertiary alicyclic amines) is 1. The smallest absolute Gasteiger partial charge is 0.230 e. The fraction of sp³-hybridized carbons (Fsp3) is 0.267. The van der Waals surface area contributed by atoms with E-state index in [0.717, 1.165) is 5.69 Å². The zero-order chi connectivity index (χ0) is 15.7. The monoisotopic (exact) mass is 318 g/mol. The molecule has 3 rings (SSSR count). The highest BCUT2D eigenvalue weighted by Gasteiger charge is 2.32. The van der Waals surface area contributed by atoms with Gasteiger partial charge < -0.3 is 10.2 Å². The highest BCUT2D eigenvalue weighted by atomic mass is 35.5. The van der Waals surface area contributed by atoms with Crippen molar-refractivity contribution in [3.05, 3.63) is 41.6 Å². The van der Waals surface area contributed by atoms with E-state index in [1.165, 1.54) is 0 Å². The van der Waals surface area contributed by atoms with E-state index in [0.29, 0.717) is 17.4 Å². The lowest BCUT2D eigenvalue weighted by Crippen LogP contribution is -2.26. The Morgan fingerprint density at radius 1 is 1.41 bits per heavy atom. The summed E-state index contributed by atoms with van der Waals surface area (Å²) in [6, 6.07) is 8.90. The number of amides is 2. The maximum absolute atomic E-state index is 12.3. The maximum atomic E-state index is 12.3. The number of halogens is 1. The van der Waals surface area contributed by atoms with Gasteiger partial charge in [-0.2, -0.15) is 5.10 Å².